The second kappa shape index (κ2) is 5.77. The van der Waals surface area contributed by atoms with E-state index >= 15 is 0 Å². The van der Waals surface area contributed by atoms with Crippen molar-refractivity contribution in [2.24, 2.45) is 0 Å². The second-order valence-corrected chi connectivity index (χ2v) is 6.90. The van der Waals surface area contributed by atoms with Gasteiger partial charge in [-0.3, -0.25) is 9.52 Å². The summed E-state index contributed by atoms with van der Waals surface area (Å²) in [5.41, 5.74) is 3.42. The quantitative estimate of drug-likeness (QED) is 0.752. The molecule has 0 spiro atoms. The summed E-state index contributed by atoms with van der Waals surface area (Å²) in [6.45, 7) is 0. The number of anilines is 3. The number of carbonyl (C=O) groups excluding carboxylic acids is 1. The van der Waals surface area contributed by atoms with Crippen LogP contribution in [0.4, 0.5) is 17.1 Å². The van der Waals surface area contributed by atoms with Crippen LogP contribution in [0.3, 0.4) is 0 Å². The zero-order chi connectivity index (χ0) is 16.4. The second-order valence-electron chi connectivity index (χ2n) is 5.15. The first-order valence-corrected chi connectivity index (χ1v) is 8.77. The standard InChI is InChI=1S/C16H15N3O3S/c1-23(21,22)19-12-8-6-11(7-9-12)17-10-14-13-4-2-3-5-15(13)18-16(14)20/h2-10,17,19H,1H3,(H,18,20)/b14-10-. The number of para-hydroxylation sites is 1. The fourth-order valence-electron chi connectivity index (χ4n) is 2.29. The minimum atomic E-state index is -3.29. The van der Waals surface area contributed by atoms with Crippen LogP contribution in [0.2, 0.25) is 0 Å². The number of benzene rings is 2. The van der Waals surface area contributed by atoms with Gasteiger partial charge >= 0.3 is 0 Å². The summed E-state index contributed by atoms with van der Waals surface area (Å²) in [5.74, 6) is -0.158. The lowest BCUT2D eigenvalue weighted by molar-refractivity contribution is -0.110. The largest absolute Gasteiger partial charge is 0.361 e. The van der Waals surface area contributed by atoms with Crippen molar-refractivity contribution < 1.29 is 13.2 Å². The molecule has 0 aliphatic carbocycles. The molecule has 0 bridgehead atoms. The molecule has 23 heavy (non-hydrogen) atoms. The topological polar surface area (TPSA) is 87.3 Å². The van der Waals surface area contributed by atoms with E-state index in [2.05, 4.69) is 15.4 Å². The van der Waals surface area contributed by atoms with Crippen molar-refractivity contribution in [1.82, 2.24) is 0 Å². The summed E-state index contributed by atoms with van der Waals surface area (Å²) in [7, 11) is -3.29. The minimum absolute atomic E-state index is 0.158. The molecule has 0 aromatic heterocycles. The Bertz CT molecular complexity index is 887. The van der Waals surface area contributed by atoms with Gasteiger partial charge in [-0.05, 0) is 30.3 Å². The number of amides is 1. The summed E-state index contributed by atoms with van der Waals surface area (Å²) in [4.78, 5) is 12.0. The van der Waals surface area contributed by atoms with Gasteiger partial charge in [0.1, 0.15) is 0 Å². The molecule has 0 atom stereocenters. The summed E-state index contributed by atoms with van der Waals surface area (Å²) in [6.07, 6.45) is 2.74. The fourth-order valence-corrected chi connectivity index (χ4v) is 2.85. The normalized spacial score (nSPS) is 15.2. The first-order valence-electron chi connectivity index (χ1n) is 6.88. The van der Waals surface area contributed by atoms with Crippen molar-refractivity contribution in [2.75, 3.05) is 21.6 Å². The molecule has 0 unspecified atom stereocenters. The highest BCUT2D eigenvalue weighted by molar-refractivity contribution is 7.92. The van der Waals surface area contributed by atoms with Crippen molar-refractivity contribution in [1.29, 1.82) is 0 Å². The molecule has 1 heterocycles. The molecule has 2 aromatic rings. The Balaban J connectivity index is 1.77. The highest BCUT2D eigenvalue weighted by Gasteiger charge is 2.23. The average Bonchev–Trinajstić information content (AvgIpc) is 2.80. The number of sulfonamides is 1. The van der Waals surface area contributed by atoms with E-state index in [1.165, 1.54) is 0 Å². The van der Waals surface area contributed by atoms with Crippen LogP contribution in [-0.4, -0.2) is 20.6 Å². The molecule has 3 N–H and O–H groups in total. The van der Waals surface area contributed by atoms with Crippen LogP contribution in [0.1, 0.15) is 5.56 Å². The molecule has 0 saturated heterocycles. The average molecular weight is 329 g/mol. The van der Waals surface area contributed by atoms with Crippen molar-refractivity contribution >= 4 is 38.6 Å². The van der Waals surface area contributed by atoms with E-state index in [1.54, 1.807) is 30.5 Å². The van der Waals surface area contributed by atoms with Gasteiger partial charge in [0.05, 0.1) is 11.8 Å². The molecule has 1 aliphatic rings. The van der Waals surface area contributed by atoms with Gasteiger partial charge in [-0.15, -0.1) is 0 Å². The molecule has 7 heteroatoms. The predicted molar refractivity (Wildman–Crippen MR) is 91.6 cm³/mol. The summed E-state index contributed by atoms with van der Waals surface area (Å²) < 4.78 is 24.7. The fraction of sp³-hybridized carbons (Fsp3) is 0.0625. The number of hydrogen-bond donors (Lipinski definition) is 3. The van der Waals surface area contributed by atoms with Gasteiger partial charge in [0.25, 0.3) is 5.91 Å². The van der Waals surface area contributed by atoms with Gasteiger partial charge in [0.15, 0.2) is 0 Å². The first-order chi connectivity index (χ1) is 10.9. The molecule has 118 valence electrons. The maximum Gasteiger partial charge on any atom is 0.257 e. The molecule has 0 fully saturated rings. The van der Waals surface area contributed by atoms with Crippen molar-refractivity contribution in [2.45, 2.75) is 0 Å². The third kappa shape index (κ3) is 3.51. The Morgan fingerprint density at radius 1 is 1.00 bits per heavy atom. The monoisotopic (exact) mass is 329 g/mol. The molecular formula is C16H15N3O3S. The van der Waals surface area contributed by atoms with Crippen LogP contribution < -0.4 is 15.4 Å². The Morgan fingerprint density at radius 3 is 2.35 bits per heavy atom. The molecule has 6 nitrogen and oxygen atoms in total. The molecule has 0 saturated carbocycles. The summed E-state index contributed by atoms with van der Waals surface area (Å²) in [5, 5.41) is 5.84. The molecular weight excluding hydrogens is 314 g/mol. The van der Waals surface area contributed by atoms with Crippen molar-refractivity contribution in [3.8, 4) is 0 Å². The van der Waals surface area contributed by atoms with Gasteiger partial charge in [-0.1, -0.05) is 18.2 Å². The highest BCUT2D eigenvalue weighted by atomic mass is 32.2. The van der Waals surface area contributed by atoms with Crippen LogP contribution in [0.25, 0.3) is 5.57 Å². The third-order valence-electron chi connectivity index (χ3n) is 3.28. The predicted octanol–water partition coefficient (Wildman–Crippen LogP) is 2.46. The lowest BCUT2D eigenvalue weighted by Gasteiger charge is -2.06. The van der Waals surface area contributed by atoms with Gasteiger partial charge in [-0.2, -0.15) is 0 Å². The van der Waals surface area contributed by atoms with E-state index in [4.69, 9.17) is 0 Å². The SMILES string of the molecule is CS(=O)(=O)Nc1ccc(N/C=C2\C(=O)Nc3ccccc32)cc1. The van der Waals surface area contributed by atoms with Crippen LogP contribution in [0, 0.1) is 0 Å². The Hall–Kier alpha value is -2.80. The molecule has 2 aromatic carbocycles. The summed E-state index contributed by atoms with van der Waals surface area (Å²) in [6, 6.07) is 14.2. The number of rotatable bonds is 4. The van der Waals surface area contributed by atoms with E-state index in [1.807, 2.05) is 24.3 Å². The minimum Gasteiger partial charge on any atom is -0.361 e. The van der Waals surface area contributed by atoms with E-state index in [0.29, 0.717) is 11.3 Å². The van der Waals surface area contributed by atoms with Crippen LogP contribution in [-0.2, 0) is 14.8 Å². The lowest BCUT2D eigenvalue weighted by atomic mass is 10.1. The van der Waals surface area contributed by atoms with Gasteiger partial charge < -0.3 is 10.6 Å². The van der Waals surface area contributed by atoms with Crippen LogP contribution in [0.15, 0.2) is 54.7 Å². The number of nitrogens with one attached hydrogen (secondary N) is 3. The van der Waals surface area contributed by atoms with E-state index in [-0.39, 0.29) is 5.91 Å². The smallest absolute Gasteiger partial charge is 0.257 e. The van der Waals surface area contributed by atoms with Gasteiger partial charge in [0, 0.05) is 28.8 Å². The zero-order valence-electron chi connectivity index (χ0n) is 12.3. The molecule has 1 amide bonds. The highest BCUT2D eigenvalue weighted by Crippen LogP contribution is 2.31. The van der Waals surface area contributed by atoms with Gasteiger partial charge in [-0.25, -0.2) is 8.42 Å². The van der Waals surface area contributed by atoms with E-state index in [0.717, 1.165) is 23.2 Å². The molecule has 3 rings (SSSR count). The van der Waals surface area contributed by atoms with Crippen molar-refractivity contribution in [3.05, 3.63) is 60.3 Å². The maximum atomic E-state index is 12.0. The van der Waals surface area contributed by atoms with E-state index < -0.39 is 10.0 Å². The number of carbonyl (C=O) groups is 1. The van der Waals surface area contributed by atoms with Crippen molar-refractivity contribution in [3.63, 3.8) is 0 Å². The Morgan fingerprint density at radius 2 is 1.65 bits per heavy atom. The Kier molecular flexibility index (Phi) is 3.79. The Labute approximate surface area is 134 Å². The molecule has 0 radical (unpaired) electrons. The lowest BCUT2D eigenvalue weighted by Crippen LogP contribution is -2.09. The molecule has 1 aliphatic heterocycles. The maximum absolute atomic E-state index is 12.0. The first kappa shape index (κ1) is 15.1. The number of fused-ring (bicyclic) bond motifs is 1. The number of hydrogen-bond acceptors (Lipinski definition) is 4. The zero-order valence-corrected chi connectivity index (χ0v) is 13.1. The van der Waals surface area contributed by atoms with Crippen LogP contribution in [0.5, 0.6) is 0 Å². The third-order valence-corrected chi connectivity index (χ3v) is 3.89. The summed E-state index contributed by atoms with van der Waals surface area (Å²) >= 11 is 0. The van der Waals surface area contributed by atoms with Gasteiger partial charge in [0.2, 0.25) is 10.0 Å². The van der Waals surface area contributed by atoms with Crippen LogP contribution >= 0.6 is 0 Å². The van der Waals surface area contributed by atoms with E-state index in [9.17, 15) is 13.2 Å².